The van der Waals surface area contributed by atoms with Crippen molar-refractivity contribution in [2.45, 2.75) is 39.5 Å². The maximum absolute atomic E-state index is 12.5. The van der Waals surface area contributed by atoms with Gasteiger partial charge >= 0.3 is 0 Å². The normalized spacial score (nSPS) is 10.5. The van der Waals surface area contributed by atoms with Crippen LogP contribution in [0, 0.1) is 0 Å². The van der Waals surface area contributed by atoms with Gasteiger partial charge in [-0.05, 0) is 31.0 Å². The second-order valence-electron chi connectivity index (χ2n) is 4.77. The Kier molecular flexibility index (Phi) is 6.71. The highest BCUT2D eigenvalue weighted by molar-refractivity contribution is 6.31. The fourth-order valence-corrected chi connectivity index (χ4v) is 2.17. The Morgan fingerprint density at radius 3 is 2.21 bits per heavy atom. The first-order chi connectivity index (χ1) is 9.08. The third-order valence-electron chi connectivity index (χ3n) is 3.02. The van der Waals surface area contributed by atoms with Crippen molar-refractivity contribution in [2.24, 2.45) is 0 Å². The molecule has 0 heterocycles. The number of halogens is 1. The average Bonchev–Trinajstić information content (AvgIpc) is 2.37. The summed E-state index contributed by atoms with van der Waals surface area (Å²) in [5.41, 5.74) is 6.85. The van der Waals surface area contributed by atoms with Gasteiger partial charge < -0.3 is 10.6 Å². The molecule has 0 radical (unpaired) electrons. The van der Waals surface area contributed by atoms with Crippen molar-refractivity contribution in [1.29, 1.82) is 0 Å². The number of benzene rings is 1. The SMILES string of the molecule is CCCCN(CCCC)C(=O)c1cc(N)cc(Cl)c1. The lowest BCUT2D eigenvalue weighted by Crippen LogP contribution is -2.33. The van der Waals surface area contributed by atoms with Gasteiger partial charge in [-0.3, -0.25) is 4.79 Å². The highest BCUT2D eigenvalue weighted by atomic mass is 35.5. The minimum Gasteiger partial charge on any atom is -0.399 e. The Balaban J connectivity index is 2.84. The van der Waals surface area contributed by atoms with Crippen LogP contribution in [0.15, 0.2) is 18.2 Å². The van der Waals surface area contributed by atoms with Crippen molar-refractivity contribution < 1.29 is 4.79 Å². The van der Waals surface area contributed by atoms with E-state index < -0.39 is 0 Å². The molecule has 0 spiro atoms. The number of rotatable bonds is 7. The van der Waals surface area contributed by atoms with Crippen LogP contribution in [0.2, 0.25) is 5.02 Å². The van der Waals surface area contributed by atoms with Crippen LogP contribution in [0.1, 0.15) is 49.9 Å². The van der Waals surface area contributed by atoms with Crippen molar-refractivity contribution >= 4 is 23.2 Å². The van der Waals surface area contributed by atoms with Crippen LogP contribution >= 0.6 is 11.6 Å². The molecule has 0 fully saturated rings. The van der Waals surface area contributed by atoms with Gasteiger partial charge in [-0.2, -0.15) is 0 Å². The van der Waals surface area contributed by atoms with Gasteiger partial charge in [0.15, 0.2) is 0 Å². The molecular weight excluding hydrogens is 260 g/mol. The molecular formula is C15H23ClN2O. The van der Waals surface area contributed by atoms with Gasteiger partial charge in [-0.25, -0.2) is 0 Å². The van der Waals surface area contributed by atoms with Crippen LogP contribution in [-0.4, -0.2) is 23.9 Å². The molecule has 0 aromatic heterocycles. The van der Waals surface area contributed by atoms with Gasteiger partial charge in [0, 0.05) is 29.4 Å². The van der Waals surface area contributed by atoms with Crippen LogP contribution in [0.4, 0.5) is 5.69 Å². The van der Waals surface area contributed by atoms with E-state index >= 15 is 0 Å². The number of anilines is 1. The third kappa shape index (κ3) is 5.11. The first-order valence-corrected chi connectivity index (χ1v) is 7.31. The number of unbranched alkanes of at least 4 members (excludes halogenated alkanes) is 2. The summed E-state index contributed by atoms with van der Waals surface area (Å²) in [4.78, 5) is 14.4. The first-order valence-electron chi connectivity index (χ1n) is 6.93. The quantitative estimate of drug-likeness (QED) is 0.769. The molecule has 1 amide bonds. The molecule has 0 atom stereocenters. The molecule has 0 unspecified atom stereocenters. The number of hydrogen-bond acceptors (Lipinski definition) is 2. The Morgan fingerprint density at radius 1 is 1.16 bits per heavy atom. The molecule has 4 heteroatoms. The zero-order valence-corrected chi connectivity index (χ0v) is 12.5. The zero-order valence-electron chi connectivity index (χ0n) is 11.8. The Labute approximate surface area is 120 Å². The number of nitrogens with two attached hydrogens (primary N) is 1. The van der Waals surface area contributed by atoms with E-state index in [1.54, 1.807) is 18.2 Å². The molecule has 1 rings (SSSR count). The molecule has 0 aliphatic rings. The van der Waals surface area contributed by atoms with Gasteiger partial charge in [0.25, 0.3) is 5.91 Å². The number of carbonyl (C=O) groups is 1. The number of nitrogen functional groups attached to an aromatic ring is 1. The van der Waals surface area contributed by atoms with Gasteiger partial charge in [-0.15, -0.1) is 0 Å². The number of amides is 1. The topological polar surface area (TPSA) is 46.3 Å². The predicted octanol–water partition coefficient (Wildman–Crippen LogP) is 3.96. The molecule has 2 N–H and O–H groups in total. The maximum atomic E-state index is 12.5. The molecule has 3 nitrogen and oxygen atoms in total. The lowest BCUT2D eigenvalue weighted by Gasteiger charge is -2.22. The van der Waals surface area contributed by atoms with E-state index in [0.717, 1.165) is 38.8 Å². The van der Waals surface area contributed by atoms with Crippen LogP contribution in [0.25, 0.3) is 0 Å². The number of nitrogens with zero attached hydrogens (tertiary/aromatic N) is 1. The molecule has 0 saturated heterocycles. The molecule has 1 aromatic carbocycles. The van der Waals surface area contributed by atoms with Crippen molar-refractivity contribution in [3.63, 3.8) is 0 Å². The Bertz CT molecular complexity index is 392. The van der Waals surface area contributed by atoms with Crippen molar-refractivity contribution in [1.82, 2.24) is 4.90 Å². The summed E-state index contributed by atoms with van der Waals surface area (Å²) in [6.45, 7) is 5.84. The number of carbonyl (C=O) groups excluding carboxylic acids is 1. The lowest BCUT2D eigenvalue weighted by molar-refractivity contribution is 0.0751. The Hall–Kier alpha value is -1.22. The smallest absolute Gasteiger partial charge is 0.253 e. The second kappa shape index (κ2) is 8.05. The Morgan fingerprint density at radius 2 is 1.74 bits per heavy atom. The van der Waals surface area contributed by atoms with E-state index in [2.05, 4.69) is 13.8 Å². The van der Waals surface area contributed by atoms with E-state index in [9.17, 15) is 4.79 Å². The summed E-state index contributed by atoms with van der Waals surface area (Å²) in [7, 11) is 0. The van der Waals surface area contributed by atoms with Crippen LogP contribution in [-0.2, 0) is 0 Å². The van der Waals surface area contributed by atoms with Crippen LogP contribution in [0.3, 0.4) is 0 Å². The summed E-state index contributed by atoms with van der Waals surface area (Å²) in [6, 6.07) is 5.03. The highest BCUT2D eigenvalue weighted by Gasteiger charge is 2.15. The van der Waals surface area contributed by atoms with E-state index in [1.165, 1.54) is 0 Å². The van der Waals surface area contributed by atoms with E-state index in [0.29, 0.717) is 16.3 Å². The summed E-state index contributed by atoms with van der Waals surface area (Å²) in [6.07, 6.45) is 4.19. The van der Waals surface area contributed by atoms with Crippen molar-refractivity contribution in [3.8, 4) is 0 Å². The average molecular weight is 283 g/mol. The van der Waals surface area contributed by atoms with Gasteiger partial charge in [-0.1, -0.05) is 38.3 Å². The van der Waals surface area contributed by atoms with E-state index in [-0.39, 0.29) is 5.91 Å². The summed E-state index contributed by atoms with van der Waals surface area (Å²) < 4.78 is 0. The maximum Gasteiger partial charge on any atom is 0.253 e. The molecule has 19 heavy (non-hydrogen) atoms. The van der Waals surface area contributed by atoms with Crippen molar-refractivity contribution in [2.75, 3.05) is 18.8 Å². The minimum atomic E-state index is 0.0242. The summed E-state index contributed by atoms with van der Waals surface area (Å²) >= 11 is 5.96. The lowest BCUT2D eigenvalue weighted by atomic mass is 10.1. The molecule has 0 saturated carbocycles. The van der Waals surface area contributed by atoms with Gasteiger partial charge in [0.2, 0.25) is 0 Å². The van der Waals surface area contributed by atoms with Crippen LogP contribution in [0.5, 0.6) is 0 Å². The fourth-order valence-electron chi connectivity index (χ4n) is 1.93. The van der Waals surface area contributed by atoms with Crippen molar-refractivity contribution in [3.05, 3.63) is 28.8 Å². The minimum absolute atomic E-state index is 0.0242. The van der Waals surface area contributed by atoms with Gasteiger partial charge in [0.05, 0.1) is 0 Å². The molecule has 0 aliphatic heterocycles. The number of hydrogen-bond donors (Lipinski definition) is 1. The standard InChI is InChI=1S/C15H23ClN2O/c1-3-5-7-18(8-6-4-2)15(19)12-9-13(16)11-14(17)10-12/h9-11H,3-8,17H2,1-2H3. The van der Waals surface area contributed by atoms with E-state index in [4.69, 9.17) is 17.3 Å². The molecule has 0 aliphatic carbocycles. The fraction of sp³-hybridized carbons (Fsp3) is 0.533. The predicted molar refractivity (Wildman–Crippen MR) is 81.6 cm³/mol. The largest absolute Gasteiger partial charge is 0.399 e. The molecule has 0 bridgehead atoms. The first kappa shape index (κ1) is 15.8. The highest BCUT2D eigenvalue weighted by Crippen LogP contribution is 2.18. The second-order valence-corrected chi connectivity index (χ2v) is 5.21. The zero-order chi connectivity index (χ0) is 14.3. The van der Waals surface area contributed by atoms with Gasteiger partial charge in [0.1, 0.15) is 0 Å². The third-order valence-corrected chi connectivity index (χ3v) is 3.24. The van der Waals surface area contributed by atoms with Crippen LogP contribution < -0.4 is 5.73 Å². The summed E-state index contributed by atoms with van der Waals surface area (Å²) in [5, 5.41) is 0.509. The molecule has 1 aromatic rings. The molecule has 106 valence electrons. The summed E-state index contributed by atoms with van der Waals surface area (Å²) in [5.74, 6) is 0.0242. The monoisotopic (exact) mass is 282 g/mol. The van der Waals surface area contributed by atoms with E-state index in [1.807, 2.05) is 4.90 Å².